The first kappa shape index (κ1) is 24.8. The molecule has 1 aliphatic rings. The summed E-state index contributed by atoms with van der Waals surface area (Å²) in [4.78, 5) is 14.4. The predicted molar refractivity (Wildman–Crippen MR) is 130 cm³/mol. The number of nitrogens with one attached hydrogen (secondary N) is 2. The van der Waals surface area contributed by atoms with E-state index in [4.69, 9.17) is 27.9 Å². The van der Waals surface area contributed by atoms with Gasteiger partial charge in [-0.25, -0.2) is 9.98 Å². The Morgan fingerprint density at radius 2 is 2.03 bits per heavy atom. The van der Waals surface area contributed by atoms with Gasteiger partial charge in [0.05, 0.1) is 23.8 Å². The lowest BCUT2D eigenvalue weighted by Gasteiger charge is -2.28. The quantitative estimate of drug-likeness (QED) is 0.358. The number of rotatable bonds is 5. The van der Waals surface area contributed by atoms with Crippen molar-refractivity contribution in [3.63, 3.8) is 0 Å². The van der Waals surface area contributed by atoms with Crippen LogP contribution in [0.1, 0.15) is 43.5 Å². The number of nitriles is 1. The molecule has 170 valence electrons. The van der Waals surface area contributed by atoms with E-state index < -0.39 is 0 Å². The number of piperidine rings is 1. The Morgan fingerprint density at radius 3 is 2.62 bits per heavy atom. The fraction of sp³-hybridized carbons (Fsp3) is 0.391. The van der Waals surface area contributed by atoms with Gasteiger partial charge in [-0.05, 0) is 55.7 Å². The van der Waals surface area contributed by atoms with Crippen LogP contribution in [-0.2, 0) is 6.54 Å². The molecular weight excluding hydrogens is 402 g/mol. The van der Waals surface area contributed by atoms with Crippen molar-refractivity contribution in [3.8, 4) is 6.07 Å². The highest BCUT2D eigenvalue weighted by Crippen LogP contribution is 2.21. The minimum Gasteiger partial charge on any atom is -0.390 e. The van der Waals surface area contributed by atoms with Crippen molar-refractivity contribution >= 4 is 23.7 Å². The van der Waals surface area contributed by atoms with Gasteiger partial charge in [-0.1, -0.05) is 26.0 Å². The lowest BCUT2D eigenvalue weighted by atomic mass is 9.98. The van der Waals surface area contributed by atoms with Crippen LogP contribution >= 0.6 is 0 Å². The topological polar surface area (TPSA) is 169 Å². The molecule has 1 aromatic carbocycles. The maximum atomic E-state index is 9.07. The Labute approximate surface area is 189 Å². The number of nitrogen functional groups attached to an aromatic ring is 1. The van der Waals surface area contributed by atoms with Crippen molar-refractivity contribution < 1.29 is 0 Å². The number of nitrogens with zero attached hydrogens (tertiary/aromatic N) is 4. The van der Waals surface area contributed by atoms with Crippen molar-refractivity contribution in [2.45, 2.75) is 39.3 Å². The first-order valence-corrected chi connectivity index (χ1v) is 10.7. The second kappa shape index (κ2) is 12.4. The summed E-state index contributed by atoms with van der Waals surface area (Å²) in [6, 6.07) is 11.8. The number of hydrogen-bond acceptors (Lipinski definition) is 5. The Hall–Kier alpha value is -3.48. The molecule has 0 radical (unpaired) electrons. The molecule has 1 aliphatic heterocycles. The van der Waals surface area contributed by atoms with Crippen LogP contribution in [-0.4, -0.2) is 47.0 Å². The van der Waals surface area contributed by atoms with Crippen molar-refractivity contribution in [3.05, 3.63) is 53.3 Å². The number of H-pyrrole nitrogens is 1. The molecule has 0 bridgehead atoms. The highest BCUT2D eigenvalue weighted by molar-refractivity contribution is 6.04. The van der Waals surface area contributed by atoms with Crippen LogP contribution in [0, 0.1) is 22.7 Å². The molecule has 1 fully saturated rings. The smallest absolute Gasteiger partial charge is 0.178 e. The van der Waals surface area contributed by atoms with E-state index in [1.165, 1.54) is 6.34 Å². The Bertz CT molecular complexity index is 971. The van der Waals surface area contributed by atoms with Crippen LogP contribution in [0.15, 0.2) is 46.5 Å². The van der Waals surface area contributed by atoms with Gasteiger partial charge >= 0.3 is 0 Å². The van der Waals surface area contributed by atoms with Gasteiger partial charge in [0, 0.05) is 24.2 Å². The van der Waals surface area contributed by atoms with E-state index in [1.54, 1.807) is 18.2 Å². The van der Waals surface area contributed by atoms with Gasteiger partial charge < -0.3 is 22.2 Å². The van der Waals surface area contributed by atoms with Crippen molar-refractivity contribution in [2.75, 3.05) is 13.1 Å². The van der Waals surface area contributed by atoms with Crippen LogP contribution < -0.4 is 17.2 Å². The fourth-order valence-electron chi connectivity index (χ4n) is 3.29. The molecule has 0 aliphatic carbocycles. The summed E-state index contributed by atoms with van der Waals surface area (Å²) >= 11 is 0. The zero-order valence-electron chi connectivity index (χ0n) is 18.8. The third-order valence-corrected chi connectivity index (χ3v) is 4.81. The molecule has 1 aromatic heterocycles. The average Bonchev–Trinajstić information content (AvgIpc) is 3.22. The van der Waals surface area contributed by atoms with Crippen LogP contribution in [0.4, 0.5) is 5.69 Å². The lowest BCUT2D eigenvalue weighted by molar-refractivity contribution is 0.198. The Kier molecular flexibility index (Phi) is 9.60. The lowest BCUT2D eigenvalue weighted by Crippen LogP contribution is -2.33. The first-order chi connectivity index (χ1) is 15.3. The minimum atomic E-state index is -0.0118. The van der Waals surface area contributed by atoms with Crippen LogP contribution in [0.3, 0.4) is 0 Å². The molecule has 0 spiro atoms. The highest BCUT2D eigenvalue weighted by atomic mass is 15.1. The Balaban J connectivity index is 0.000000837. The number of aromatic amines is 1. The van der Waals surface area contributed by atoms with Crippen LogP contribution in [0.25, 0.3) is 0 Å². The van der Waals surface area contributed by atoms with Gasteiger partial charge in [0.25, 0.3) is 0 Å². The van der Waals surface area contributed by atoms with Crippen molar-refractivity contribution in [1.82, 2.24) is 9.88 Å². The van der Waals surface area contributed by atoms with E-state index in [0.717, 1.165) is 43.7 Å². The third kappa shape index (κ3) is 7.65. The molecule has 32 heavy (non-hydrogen) atoms. The molecule has 0 atom stereocenters. The fourth-order valence-corrected chi connectivity index (χ4v) is 3.29. The van der Waals surface area contributed by atoms with Gasteiger partial charge in [0.15, 0.2) is 5.84 Å². The molecule has 0 unspecified atom stereocenters. The highest BCUT2D eigenvalue weighted by Gasteiger charge is 2.20. The molecule has 9 heteroatoms. The zero-order valence-corrected chi connectivity index (χ0v) is 18.8. The molecule has 2 aromatic rings. The van der Waals surface area contributed by atoms with Crippen molar-refractivity contribution in [2.24, 2.45) is 33.1 Å². The normalized spacial score (nSPS) is 15.4. The number of hydrogen-bond donors (Lipinski definition) is 5. The van der Waals surface area contributed by atoms with Crippen LogP contribution in [0.2, 0.25) is 0 Å². The van der Waals surface area contributed by atoms with Gasteiger partial charge in [0.2, 0.25) is 0 Å². The number of likely N-dealkylation sites (tertiary alicyclic amines) is 1. The predicted octanol–water partition coefficient (Wildman–Crippen LogP) is 2.45. The summed E-state index contributed by atoms with van der Waals surface area (Å²) < 4.78 is 0. The number of nitrogens with two attached hydrogens (primary N) is 3. The largest absolute Gasteiger partial charge is 0.390 e. The number of amidine groups is 2. The maximum absolute atomic E-state index is 9.07. The number of benzene rings is 1. The zero-order chi connectivity index (χ0) is 23.5. The molecule has 3 rings (SSSR count). The second-order valence-corrected chi connectivity index (χ2v) is 7.98. The van der Waals surface area contributed by atoms with E-state index in [2.05, 4.69) is 25.9 Å². The molecule has 2 heterocycles. The molecule has 8 N–H and O–H groups in total. The van der Waals surface area contributed by atoms with E-state index >= 15 is 0 Å². The standard InChI is InChI=1S/C20H24N8.C3H9N/c21-11-14-5-8-28(9-6-14)12-16-4-7-25-18(16)20(26-13-22)27-17-3-1-2-15(10-17)19(23)24;1-3(2)4/h1-4,7,10,13-14,25H,5-6,8-9,12H2,(H3,23,24)(H2,22,26,27);3H,4H2,1-2H3. The molecule has 0 saturated carbocycles. The molecule has 9 nitrogen and oxygen atoms in total. The van der Waals surface area contributed by atoms with Crippen LogP contribution in [0.5, 0.6) is 0 Å². The van der Waals surface area contributed by atoms with Crippen molar-refractivity contribution in [1.29, 1.82) is 10.7 Å². The first-order valence-electron chi connectivity index (χ1n) is 10.7. The van der Waals surface area contributed by atoms with E-state index in [1.807, 2.05) is 32.2 Å². The molecule has 1 saturated heterocycles. The number of aromatic nitrogens is 1. The van der Waals surface area contributed by atoms with E-state index in [-0.39, 0.29) is 11.8 Å². The van der Waals surface area contributed by atoms with Gasteiger partial charge in [-0.3, -0.25) is 10.3 Å². The average molecular weight is 436 g/mol. The van der Waals surface area contributed by atoms with Gasteiger partial charge in [0.1, 0.15) is 5.84 Å². The summed E-state index contributed by atoms with van der Waals surface area (Å²) in [5, 5.41) is 16.7. The van der Waals surface area contributed by atoms with Gasteiger partial charge in [-0.2, -0.15) is 5.26 Å². The summed E-state index contributed by atoms with van der Waals surface area (Å²) in [6.07, 6.45) is 4.88. The van der Waals surface area contributed by atoms with Gasteiger partial charge in [-0.15, -0.1) is 0 Å². The summed E-state index contributed by atoms with van der Waals surface area (Å²) in [5.74, 6) is 0.617. The van der Waals surface area contributed by atoms with E-state index in [9.17, 15) is 0 Å². The molecular formula is C23H33N9. The Morgan fingerprint density at radius 1 is 1.34 bits per heavy atom. The van der Waals surface area contributed by atoms with E-state index in [0.29, 0.717) is 23.1 Å². The summed E-state index contributed by atoms with van der Waals surface area (Å²) in [6.45, 7) is 6.44. The monoisotopic (exact) mass is 435 g/mol. The maximum Gasteiger partial charge on any atom is 0.178 e. The SMILES string of the molecule is CC(C)N.N#CC1CCN(Cc2cc[nH]c2C(N=CN)=Nc2cccc(C(=N)N)c2)CC1. The second-order valence-electron chi connectivity index (χ2n) is 7.98. The third-order valence-electron chi connectivity index (χ3n) is 4.81. The summed E-state index contributed by atoms with van der Waals surface area (Å²) in [7, 11) is 0. The molecule has 0 amide bonds. The number of aliphatic imine (C=N–C) groups is 2. The minimum absolute atomic E-state index is 0.0118. The summed E-state index contributed by atoms with van der Waals surface area (Å²) in [5.41, 5.74) is 19.3.